The summed E-state index contributed by atoms with van der Waals surface area (Å²) in [7, 11) is -12.5. The summed E-state index contributed by atoms with van der Waals surface area (Å²) in [4.78, 5) is 0. The van der Waals surface area contributed by atoms with Crippen molar-refractivity contribution in [3.05, 3.63) is 0 Å². The third-order valence-electron chi connectivity index (χ3n) is 3.22. The van der Waals surface area contributed by atoms with E-state index >= 15 is 0 Å². The molecule has 0 aromatic heterocycles. The van der Waals surface area contributed by atoms with Crippen LogP contribution in [0.5, 0.6) is 0 Å². The van der Waals surface area contributed by atoms with E-state index in [1.54, 1.807) is 5.20 Å². The van der Waals surface area contributed by atoms with E-state index in [0.717, 1.165) is 5.01 Å². The standard InChI is InChI=1S/C6H15F5N4OP2/c1-13-17(7,8,9)14(2)18(13,10,11)12-15-3-5-16-6-4-15/h12H,3-6H2,1-2H3. The molecule has 2 rings (SSSR count). The molecule has 0 bridgehead atoms. The summed E-state index contributed by atoms with van der Waals surface area (Å²) in [6.45, 7) is 0.706. The number of morpholine rings is 1. The van der Waals surface area contributed by atoms with Crippen LogP contribution in [0.2, 0.25) is 0 Å². The topological polar surface area (TPSA) is 31.0 Å². The molecular formula is C6H15F5N4OP2. The summed E-state index contributed by atoms with van der Waals surface area (Å²) in [5, 5.41) is 2.90. The molecule has 0 aliphatic carbocycles. The first-order chi connectivity index (χ1) is 7.96. The molecular weight excluding hydrogens is 301 g/mol. The summed E-state index contributed by atoms with van der Waals surface area (Å²) in [6.07, 6.45) is 0. The molecule has 12 heteroatoms. The molecule has 0 spiro atoms. The molecule has 18 heavy (non-hydrogen) atoms. The molecule has 0 aromatic rings. The number of hydrazine groups is 1. The molecule has 0 saturated carbocycles. The van der Waals surface area contributed by atoms with Crippen LogP contribution in [0.15, 0.2) is 0 Å². The van der Waals surface area contributed by atoms with Crippen LogP contribution in [0.4, 0.5) is 21.0 Å². The maximum atomic E-state index is 14.3. The van der Waals surface area contributed by atoms with Crippen LogP contribution in [0.25, 0.3) is 0 Å². The molecule has 2 fully saturated rings. The van der Waals surface area contributed by atoms with E-state index in [2.05, 4.69) is 0 Å². The Kier molecular flexibility index (Phi) is 3.02. The van der Waals surface area contributed by atoms with Crippen molar-refractivity contribution >= 4 is 15.5 Å². The van der Waals surface area contributed by atoms with E-state index in [1.807, 2.05) is 0 Å². The average molecular weight is 316 g/mol. The van der Waals surface area contributed by atoms with Gasteiger partial charge in [-0.3, -0.25) is 0 Å². The van der Waals surface area contributed by atoms with Crippen molar-refractivity contribution in [3.63, 3.8) is 0 Å². The molecule has 2 aliphatic heterocycles. The van der Waals surface area contributed by atoms with Gasteiger partial charge in [0.05, 0.1) is 0 Å². The van der Waals surface area contributed by atoms with Gasteiger partial charge in [0.15, 0.2) is 0 Å². The molecule has 1 N–H and O–H groups in total. The Morgan fingerprint density at radius 3 is 1.83 bits per heavy atom. The van der Waals surface area contributed by atoms with E-state index in [1.165, 1.54) is 0 Å². The monoisotopic (exact) mass is 316 g/mol. The van der Waals surface area contributed by atoms with Gasteiger partial charge in [0.1, 0.15) is 0 Å². The van der Waals surface area contributed by atoms with Gasteiger partial charge in [-0.05, 0) is 0 Å². The number of nitrogens with one attached hydrogen (secondary N) is 1. The maximum absolute atomic E-state index is 14.3. The zero-order valence-corrected chi connectivity index (χ0v) is 11.7. The van der Waals surface area contributed by atoms with Crippen LogP contribution in [-0.4, -0.2) is 54.3 Å². The van der Waals surface area contributed by atoms with Crippen LogP contribution in [0.1, 0.15) is 0 Å². The van der Waals surface area contributed by atoms with Crippen LogP contribution < -0.4 is 5.20 Å². The number of hydrogen-bond acceptors (Lipinski definition) is 5. The number of halogens is 5. The minimum atomic E-state index is -7.07. The Labute approximate surface area is 102 Å². The molecule has 110 valence electrons. The SMILES string of the molecule is CN1P(F)(F)(F)N(C)P1(F)(F)NN1CCOCC1. The van der Waals surface area contributed by atoms with Gasteiger partial charge < -0.3 is 0 Å². The quantitative estimate of drug-likeness (QED) is 0.625. The van der Waals surface area contributed by atoms with E-state index in [0.29, 0.717) is 14.1 Å². The zero-order chi connectivity index (χ0) is 13.9. The Morgan fingerprint density at radius 1 is 0.944 bits per heavy atom. The molecule has 0 radical (unpaired) electrons. The normalized spacial score (nSPS) is 39.7. The van der Waals surface area contributed by atoms with Crippen molar-refractivity contribution in [2.24, 2.45) is 0 Å². The Bertz CT molecular complexity index is 353. The van der Waals surface area contributed by atoms with Crippen LogP contribution >= 0.6 is 15.5 Å². The first-order valence-electron chi connectivity index (χ1n) is 5.20. The molecule has 2 heterocycles. The number of rotatable bonds is 2. The minimum absolute atomic E-state index is 0.133. The third-order valence-corrected chi connectivity index (χ3v) is 11.2. The number of hydrogen-bond donors (Lipinski definition) is 1. The van der Waals surface area contributed by atoms with Gasteiger partial charge in [-0.15, -0.1) is 0 Å². The second kappa shape index (κ2) is 3.69. The van der Waals surface area contributed by atoms with Crippen molar-refractivity contribution in [1.82, 2.24) is 19.1 Å². The van der Waals surface area contributed by atoms with Gasteiger partial charge in [0.25, 0.3) is 0 Å². The van der Waals surface area contributed by atoms with Crippen molar-refractivity contribution < 1.29 is 25.7 Å². The summed E-state index contributed by atoms with van der Waals surface area (Å²) in [6, 6.07) is 0. The van der Waals surface area contributed by atoms with Gasteiger partial charge in [-0.1, -0.05) is 0 Å². The molecule has 0 amide bonds. The van der Waals surface area contributed by atoms with Gasteiger partial charge >= 0.3 is 101 Å². The predicted molar refractivity (Wildman–Crippen MR) is 60.4 cm³/mol. The van der Waals surface area contributed by atoms with Gasteiger partial charge in [0, 0.05) is 0 Å². The summed E-state index contributed by atoms with van der Waals surface area (Å²) >= 11 is 0. The van der Waals surface area contributed by atoms with E-state index in [4.69, 9.17) is 4.74 Å². The van der Waals surface area contributed by atoms with Crippen molar-refractivity contribution in [3.8, 4) is 0 Å². The second-order valence-corrected chi connectivity index (χ2v) is 10.6. The average Bonchev–Trinajstić information content (AvgIpc) is 2.27. The first kappa shape index (κ1) is 14.7. The van der Waals surface area contributed by atoms with Crippen molar-refractivity contribution in [2.75, 3.05) is 40.4 Å². The fraction of sp³-hybridized carbons (Fsp3) is 1.00. The predicted octanol–water partition coefficient (Wildman–Crippen LogP) is 2.80. The number of nitrogens with zero attached hydrogens (tertiary/aromatic N) is 3. The summed E-state index contributed by atoms with van der Waals surface area (Å²) in [5.74, 6) is 0. The zero-order valence-electron chi connectivity index (χ0n) is 9.86. The van der Waals surface area contributed by atoms with Crippen LogP contribution in [-0.2, 0) is 4.74 Å². The van der Waals surface area contributed by atoms with E-state index in [9.17, 15) is 21.0 Å². The Hall–Kier alpha value is 0.310. The second-order valence-electron chi connectivity index (χ2n) is 4.24. The fourth-order valence-corrected chi connectivity index (χ4v) is 8.54. The van der Waals surface area contributed by atoms with Crippen LogP contribution in [0.3, 0.4) is 0 Å². The molecule has 0 unspecified atom stereocenters. The molecule has 2 aliphatic rings. The first-order valence-corrected chi connectivity index (χ1v) is 8.93. The van der Waals surface area contributed by atoms with Crippen molar-refractivity contribution in [1.29, 1.82) is 0 Å². The fourth-order valence-electron chi connectivity index (χ4n) is 1.85. The molecule has 5 nitrogen and oxygen atoms in total. The van der Waals surface area contributed by atoms with Gasteiger partial charge in [-0.2, -0.15) is 0 Å². The summed E-state index contributed by atoms with van der Waals surface area (Å²) < 4.78 is 72.2. The van der Waals surface area contributed by atoms with Gasteiger partial charge in [-0.25, -0.2) is 0 Å². The molecule has 2 saturated heterocycles. The molecule has 0 aromatic carbocycles. The Morgan fingerprint density at radius 2 is 1.39 bits per heavy atom. The van der Waals surface area contributed by atoms with Gasteiger partial charge in [0.2, 0.25) is 0 Å². The molecule has 0 atom stereocenters. The number of ether oxygens (including phenoxy) is 1. The van der Waals surface area contributed by atoms with Crippen molar-refractivity contribution in [2.45, 2.75) is 0 Å². The van der Waals surface area contributed by atoms with E-state index < -0.39 is 24.4 Å². The summed E-state index contributed by atoms with van der Waals surface area (Å²) in [5.41, 5.74) is 0. The Balaban J connectivity index is 2.20. The van der Waals surface area contributed by atoms with E-state index in [-0.39, 0.29) is 26.3 Å². The van der Waals surface area contributed by atoms with Crippen LogP contribution in [0, 0.1) is 0 Å². The third kappa shape index (κ3) is 1.78.